The smallest absolute Gasteiger partial charge is 0.161 e. The number of hydrogen-bond donors (Lipinski definition) is 2. The maximum atomic E-state index is 9.24. The highest BCUT2D eigenvalue weighted by molar-refractivity contribution is 5.44. The first-order valence-corrected chi connectivity index (χ1v) is 5.94. The van der Waals surface area contributed by atoms with E-state index in [4.69, 9.17) is 9.47 Å². The molecule has 0 aliphatic carbocycles. The van der Waals surface area contributed by atoms with Crippen LogP contribution in [-0.4, -0.2) is 32.0 Å². The number of nitrogens with one attached hydrogen (secondary N) is 1. The second-order valence-corrected chi connectivity index (χ2v) is 3.60. The molecule has 0 spiro atoms. The average molecular weight is 239 g/mol. The summed E-state index contributed by atoms with van der Waals surface area (Å²) in [5.41, 5.74) is 0.988. The van der Waals surface area contributed by atoms with Crippen LogP contribution in [0.2, 0.25) is 0 Å². The Bertz CT molecular complexity index is 337. The van der Waals surface area contributed by atoms with Crippen molar-refractivity contribution < 1.29 is 14.6 Å². The number of hydrogen-bond acceptors (Lipinski definition) is 4. The first-order valence-electron chi connectivity index (χ1n) is 5.94. The molecule has 1 aromatic carbocycles. The molecule has 0 aromatic heterocycles. The Labute approximate surface area is 103 Å². The lowest BCUT2D eigenvalue weighted by molar-refractivity contribution is 0.249. The summed E-state index contributed by atoms with van der Waals surface area (Å²) in [6.07, 6.45) is 0. The van der Waals surface area contributed by atoms with E-state index in [0.717, 1.165) is 17.1 Å². The average Bonchev–Trinajstić information content (AvgIpc) is 2.34. The van der Waals surface area contributed by atoms with Gasteiger partial charge in [-0.25, -0.2) is 0 Å². The van der Waals surface area contributed by atoms with Crippen molar-refractivity contribution >= 4 is 0 Å². The van der Waals surface area contributed by atoms with Gasteiger partial charge in [0.2, 0.25) is 0 Å². The van der Waals surface area contributed by atoms with Crippen molar-refractivity contribution in [2.45, 2.75) is 19.9 Å². The highest BCUT2D eigenvalue weighted by Crippen LogP contribution is 2.30. The van der Waals surface area contributed by atoms with Crippen molar-refractivity contribution in [2.75, 3.05) is 26.9 Å². The second kappa shape index (κ2) is 7.14. The highest BCUT2D eigenvalue weighted by atomic mass is 16.5. The molecule has 0 aliphatic heterocycles. The fraction of sp³-hybridized carbons (Fsp3) is 0.538. The van der Waals surface area contributed by atoms with Crippen molar-refractivity contribution in [3.05, 3.63) is 23.8 Å². The zero-order valence-electron chi connectivity index (χ0n) is 10.7. The van der Waals surface area contributed by atoms with Crippen LogP contribution in [-0.2, 0) is 0 Å². The lowest BCUT2D eigenvalue weighted by Crippen LogP contribution is -2.20. The summed E-state index contributed by atoms with van der Waals surface area (Å²) in [6.45, 7) is 5.12. The van der Waals surface area contributed by atoms with Gasteiger partial charge >= 0.3 is 0 Å². The topological polar surface area (TPSA) is 50.7 Å². The molecule has 1 rings (SSSR count). The molecule has 0 bridgehead atoms. The van der Waals surface area contributed by atoms with Crippen LogP contribution in [0.3, 0.4) is 0 Å². The maximum absolute atomic E-state index is 9.24. The molecular weight excluding hydrogens is 218 g/mol. The minimum Gasteiger partial charge on any atom is -0.490 e. The normalized spacial score (nSPS) is 12.2. The van der Waals surface area contributed by atoms with Gasteiger partial charge in [0.25, 0.3) is 0 Å². The van der Waals surface area contributed by atoms with Crippen LogP contribution in [0.15, 0.2) is 18.2 Å². The minimum absolute atomic E-state index is 0.0516. The zero-order valence-corrected chi connectivity index (χ0v) is 10.7. The molecule has 1 atom stereocenters. The highest BCUT2D eigenvalue weighted by Gasteiger charge is 2.12. The van der Waals surface area contributed by atoms with Gasteiger partial charge in [0.15, 0.2) is 11.5 Å². The van der Waals surface area contributed by atoms with Gasteiger partial charge in [-0.3, -0.25) is 0 Å². The Kier molecular flexibility index (Phi) is 5.80. The van der Waals surface area contributed by atoms with E-state index in [-0.39, 0.29) is 12.6 Å². The quantitative estimate of drug-likeness (QED) is 0.761. The molecule has 0 saturated heterocycles. The molecule has 1 unspecified atom stereocenters. The van der Waals surface area contributed by atoms with Crippen LogP contribution in [0.1, 0.15) is 25.5 Å². The molecule has 0 fully saturated rings. The van der Waals surface area contributed by atoms with Gasteiger partial charge in [0.05, 0.1) is 25.9 Å². The monoisotopic (exact) mass is 239 g/mol. The van der Waals surface area contributed by atoms with Gasteiger partial charge in [0.1, 0.15) is 0 Å². The SMILES string of the molecule is CCOc1ccc(C(CO)NC)cc1OCC. The van der Waals surface area contributed by atoms with Crippen molar-refractivity contribution in [1.82, 2.24) is 5.32 Å². The van der Waals surface area contributed by atoms with Crippen LogP contribution >= 0.6 is 0 Å². The summed E-state index contributed by atoms with van der Waals surface area (Å²) in [5.74, 6) is 1.46. The van der Waals surface area contributed by atoms with E-state index in [0.29, 0.717) is 13.2 Å². The van der Waals surface area contributed by atoms with Crippen molar-refractivity contribution in [3.8, 4) is 11.5 Å². The van der Waals surface area contributed by atoms with Gasteiger partial charge in [-0.1, -0.05) is 6.07 Å². The Balaban J connectivity index is 2.99. The summed E-state index contributed by atoms with van der Waals surface area (Å²) < 4.78 is 11.0. The predicted molar refractivity (Wildman–Crippen MR) is 67.7 cm³/mol. The number of rotatable bonds is 7. The van der Waals surface area contributed by atoms with Gasteiger partial charge in [0, 0.05) is 0 Å². The van der Waals surface area contributed by atoms with E-state index in [1.54, 1.807) is 0 Å². The van der Waals surface area contributed by atoms with Crippen LogP contribution in [0.5, 0.6) is 11.5 Å². The molecule has 17 heavy (non-hydrogen) atoms. The Morgan fingerprint density at radius 1 is 1.18 bits per heavy atom. The summed E-state index contributed by atoms with van der Waals surface area (Å²) in [7, 11) is 1.82. The van der Waals surface area contributed by atoms with Crippen molar-refractivity contribution in [2.24, 2.45) is 0 Å². The van der Waals surface area contributed by atoms with E-state index in [2.05, 4.69) is 5.32 Å². The first-order chi connectivity index (χ1) is 8.26. The van der Waals surface area contributed by atoms with Crippen LogP contribution in [0, 0.1) is 0 Å². The van der Waals surface area contributed by atoms with E-state index in [1.807, 2.05) is 39.1 Å². The summed E-state index contributed by atoms with van der Waals surface area (Å²) in [6, 6.07) is 5.64. The summed E-state index contributed by atoms with van der Waals surface area (Å²) >= 11 is 0. The molecule has 0 saturated carbocycles. The van der Waals surface area contributed by atoms with E-state index >= 15 is 0 Å². The van der Waals surface area contributed by atoms with Crippen LogP contribution < -0.4 is 14.8 Å². The molecule has 4 nitrogen and oxygen atoms in total. The Morgan fingerprint density at radius 3 is 2.35 bits per heavy atom. The number of aliphatic hydroxyl groups is 1. The first kappa shape index (κ1) is 13.8. The van der Waals surface area contributed by atoms with Gasteiger partial charge in [-0.2, -0.15) is 0 Å². The van der Waals surface area contributed by atoms with Crippen LogP contribution in [0.25, 0.3) is 0 Å². The Morgan fingerprint density at radius 2 is 1.82 bits per heavy atom. The molecule has 0 radical (unpaired) electrons. The fourth-order valence-corrected chi connectivity index (χ4v) is 1.65. The zero-order chi connectivity index (χ0) is 12.7. The molecular formula is C13H21NO3. The van der Waals surface area contributed by atoms with E-state index in [1.165, 1.54) is 0 Å². The standard InChI is InChI=1S/C13H21NO3/c1-4-16-12-7-6-10(11(9-15)14-3)8-13(12)17-5-2/h6-8,11,14-15H,4-5,9H2,1-3H3. The molecule has 1 aromatic rings. The number of aliphatic hydroxyl groups excluding tert-OH is 1. The summed E-state index contributed by atoms with van der Waals surface area (Å²) in [5, 5.41) is 12.3. The molecule has 2 N–H and O–H groups in total. The molecule has 0 amide bonds. The summed E-state index contributed by atoms with van der Waals surface area (Å²) in [4.78, 5) is 0. The minimum atomic E-state index is -0.0788. The van der Waals surface area contributed by atoms with Gasteiger partial charge < -0.3 is 19.9 Å². The molecule has 96 valence electrons. The third-order valence-corrected chi connectivity index (χ3v) is 2.50. The largest absolute Gasteiger partial charge is 0.490 e. The fourth-order valence-electron chi connectivity index (χ4n) is 1.65. The second-order valence-electron chi connectivity index (χ2n) is 3.60. The number of benzene rings is 1. The Hall–Kier alpha value is -1.26. The van der Waals surface area contributed by atoms with E-state index < -0.39 is 0 Å². The molecule has 4 heteroatoms. The maximum Gasteiger partial charge on any atom is 0.161 e. The lowest BCUT2D eigenvalue weighted by atomic mass is 10.1. The molecule has 0 aliphatic rings. The van der Waals surface area contributed by atoms with E-state index in [9.17, 15) is 5.11 Å². The van der Waals surface area contributed by atoms with Crippen molar-refractivity contribution in [1.29, 1.82) is 0 Å². The number of ether oxygens (including phenoxy) is 2. The molecule has 0 heterocycles. The number of likely N-dealkylation sites (N-methyl/N-ethyl adjacent to an activating group) is 1. The third kappa shape index (κ3) is 3.61. The predicted octanol–water partition coefficient (Wildman–Crippen LogP) is 1.74. The van der Waals surface area contributed by atoms with Crippen molar-refractivity contribution in [3.63, 3.8) is 0 Å². The van der Waals surface area contributed by atoms with Crippen LogP contribution in [0.4, 0.5) is 0 Å². The van der Waals surface area contributed by atoms with Gasteiger partial charge in [-0.15, -0.1) is 0 Å². The van der Waals surface area contributed by atoms with Gasteiger partial charge in [-0.05, 0) is 38.6 Å². The third-order valence-electron chi connectivity index (χ3n) is 2.50. The lowest BCUT2D eigenvalue weighted by Gasteiger charge is -2.17.